The second-order valence-electron chi connectivity index (χ2n) is 7.62. The van der Waals surface area contributed by atoms with Crippen molar-refractivity contribution in [3.63, 3.8) is 0 Å². The van der Waals surface area contributed by atoms with Crippen LogP contribution in [0.3, 0.4) is 0 Å². The Kier molecular flexibility index (Phi) is 3.51. The van der Waals surface area contributed by atoms with Crippen molar-refractivity contribution in [1.29, 1.82) is 0 Å². The maximum Gasteiger partial charge on any atom is 0.337 e. The van der Waals surface area contributed by atoms with Crippen LogP contribution in [0.4, 0.5) is 5.69 Å². The SMILES string of the molecule is COC(=O)C1=C(C(=O)OC)[C@H]2O[C@H]1C1CN(C)[C@@]3(C(=O)Nc4ccccc43)C12. The van der Waals surface area contributed by atoms with Crippen LogP contribution in [0.1, 0.15) is 5.56 Å². The minimum atomic E-state index is -0.957. The number of carbonyl (C=O) groups is 3. The summed E-state index contributed by atoms with van der Waals surface area (Å²) in [6, 6.07) is 7.57. The van der Waals surface area contributed by atoms with Crippen LogP contribution in [-0.4, -0.2) is 62.8 Å². The third-order valence-electron chi connectivity index (χ3n) is 6.64. The van der Waals surface area contributed by atoms with Gasteiger partial charge in [-0.1, -0.05) is 18.2 Å². The quantitative estimate of drug-likeness (QED) is 0.739. The van der Waals surface area contributed by atoms with E-state index < -0.39 is 29.7 Å². The Labute approximate surface area is 161 Å². The first-order valence-electron chi connectivity index (χ1n) is 9.15. The van der Waals surface area contributed by atoms with Crippen LogP contribution in [0.15, 0.2) is 35.4 Å². The highest BCUT2D eigenvalue weighted by atomic mass is 16.5. The third-order valence-corrected chi connectivity index (χ3v) is 6.64. The fraction of sp³-hybridized carbons (Fsp3) is 0.450. The monoisotopic (exact) mass is 384 g/mol. The van der Waals surface area contributed by atoms with Crippen molar-refractivity contribution >= 4 is 23.5 Å². The number of amides is 1. The molecule has 4 heterocycles. The molecule has 1 amide bonds. The molecular formula is C20H20N2O6. The molecule has 4 aliphatic rings. The number of carbonyl (C=O) groups excluding carboxylic acids is 3. The molecular weight excluding hydrogens is 364 g/mol. The molecule has 2 unspecified atom stereocenters. The van der Waals surface area contributed by atoms with E-state index in [1.807, 2.05) is 36.2 Å². The Morgan fingerprint density at radius 1 is 1.14 bits per heavy atom. The van der Waals surface area contributed by atoms with Gasteiger partial charge in [0.15, 0.2) is 0 Å². The van der Waals surface area contributed by atoms with Crippen LogP contribution in [0.5, 0.6) is 0 Å². The number of benzene rings is 1. The average Bonchev–Trinajstić information content (AvgIpc) is 3.40. The summed E-state index contributed by atoms with van der Waals surface area (Å²) in [7, 11) is 4.44. The Morgan fingerprint density at radius 2 is 1.79 bits per heavy atom. The maximum absolute atomic E-state index is 13.3. The number of methoxy groups -OCH3 is 2. The van der Waals surface area contributed by atoms with Crippen LogP contribution in [0, 0.1) is 11.8 Å². The molecule has 5 atom stereocenters. The number of fused-ring (bicyclic) bond motifs is 8. The van der Waals surface area contributed by atoms with Crippen molar-refractivity contribution in [2.75, 3.05) is 33.1 Å². The molecule has 4 aliphatic heterocycles. The standard InChI is InChI=1S/C20H20N2O6/c1-22-8-9-14(20(22)10-6-4-5-7-11(10)21-19(20)25)16-13(18(24)27-3)12(15(9)28-16)17(23)26-2/h4-7,9,14-16H,8H2,1-3H3,(H,21,25)/t9?,14?,15-,16+,20+/m0/s1. The second kappa shape index (κ2) is 5.65. The number of anilines is 1. The van der Waals surface area contributed by atoms with E-state index in [9.17, 15) is 14.4 Å². The number of hydrogen-bond donors (Lipinski definition) is 1. The van der Waals surface area contributed by atoms with Crippen molar-refractivity contribution in [2.45, 2.75) is 17.7 Å². The van der Waals surface area contributed by atoms with E-state index in [4.69, 9.17) is 14.2 Å². The maximum atomic E-state index is 13.3. The molecule has 2 bridgehead atoms. The zero-order chi connectivity index (χ0) is 19.8. The summed E-state index contributed by atoms with van der Waals surface area (Å²) in [4.78, 5) is 40.3. The van der Waals surface area contributed by atoms with Gasteiger partial charge in [0.25, 0.3) is 0 Å². The highest BCUT2D eigenvalue weighted by molar-refractivity contribution is 6.08. The fourth-order valence-corrected chi connectivity index (χ4v) is 5.69. The van der Waals surface area contributed by atoms with Crippen molar-refractivity contribution < 1.29 is 28.6 Å². The van der Waals surface area contributed by atoms with Crippen LogP contribution in [-0.2, 0) is 34.1 Å². The van der Waals surface area contributed by atoms with E-state index in [1.165, 1.54) is 14.2 Å². The normalized spacial score (nSPS) is 35.2. The number of nitrogens with zero attached hydrogens (tertiary/aromatic N) is 1. The lowest BCUT2D eigenvalue weighted by atomic mass is 9.67. The Bertz CT molecular complexity index is 956. The highest BCUT2D eigenvalue weighted by Gasteiger charge is 2.72. The van der Waals surface area contributed by atoms with Gasteiger partial charge in [-0.15, -0.1) is 0 Å². The number of ether oxygens (including phenoxy) is 3. The van der Waals surface area contributed by atoms with Crippen molar-refractivity contribution in [3.8, 4) is 0 Å². The van der Waals surface area contributed by atoms with Crippen molar-refractivity contribution in [1.82, 2.24) is 4.90 Å². The molecule has 1 N–H and O–H groups in total. The number of nitrogens with one attached hydrogen (secondary N) is 1. The van der Waals surface area contributed by atoms with Gasteiger partial charge in [0.05, 0.1) is 37.6 Å². The van der Waals surface area contributed by atoms with Gasteiger partial charge in [0.2, 0.25) is 5.91 Å². The number of esters is 2. The predicted molar refractivity (Wildman–Crippen MR) is 96.1 cm³/mol. The number of rotatable bonds is 2. The lowest BCUT2D eigenvalue weighted by Gasteiger charge is -2.37. The minimum absolute atomic E-state index is 0.116. The number of hydrogen-bond acceptors (Lipinski definition) is 7. The zero-order valence-electron chi connectivity index (χ0n) is 15.7. The number of likely N-dealkylation sites (N-methyl/N-ethyl adjacent to an activating group) is 1. The molecule has 5 rings (SSSR count). The summed E-state index contributed by atoms with van der Waals surface area (Å²) in [6.45, 7) is 0.558. The third kappa shape index (κ3) is 1.80. The largest absolute Gasteiger partial charge is 0.466 e. The molecule has 8 nitrogen and oxygen atoms in total. The summed E-state index contributed by atoms with van der Waals surface area (Å²) >= 11 is 0. The van der Waals surface area contributed by atoms with Gasteiger partial charge in [-0.05, 0) is 13.1 Å². The second-order valence-corrected chi connectivity index (χ2v) is 7.62. The fourth-order valence-electron chi connectivity index (χ4n) is 5.69. The predicted octanol–water partition coefficient (Wildman–Crippen LogP) is 0.435. The summed E-state index contributed by atoms with van der Waals surface area (Å²) in [5.41, 5.74) is 1.07. The molecule has 0 aliphatic carbocycles. The van der Waals surface area contributed by atoms with Gasteiger partial charge >= 0.3 is 11.9 Å². The topological polar surface area (TPSA) is 94.2 Å². The Morgan fingerprint density at radius 3 is 2.46 bits per heavy atom. The molecule has 2 saturated heterocycles. The molecule has 8 heteroatoms. The van der Waals surface area contributed by atoms with E-state index >= 15 is 0 Å². The molecule has 146 valence electrons. The number of likely N-dealkylation sites (tertiary alicyclic amines) is 1. The minimum Gasteiger partial charge on any atom is -0.466 e. The van der Waals surface area contributed by atoms with Gasteiger partial charge in [0, 0.05) is 29.6 Å². The average molecular weight is 384 g/mol. The molecule has 2 fully saturated rings. The zero-order valence-corrected chi connectivity index (χ0v) is 15.7. The highest BCUT2D eigenvalue weighted by Crippen LogP contribution is 2.62. The van der Waals surface area contributed by atoms with Gasteiger partial charge in [-0.3, -0.25) is 9.69 Å². The molecule has 0 radical (unpaired) electrons. The van der Waals surface area contributed by atoms with Crippen molar-refractivity contribution in [2.24, 2.45) is 11.8 Å². The summed E-state index contributed by atoms with van der Waals surface area (Å²) in [5.74, 6) is -1.78. The molecule has 0 saturated carbocycles. The van der Waals surface area contributed by atoms with Crippen LogP contribution >= 0.6 is 0 Å². The molecule has 1 spiro atoms. The van der Waals surface area contributed by atoms with Gasteiger partial charge in [-0.25, -0.2) is 9.59 Å². The first kappa shape index (κ1) is 17.4. The van der Waals surface area contributed by atoms with E-state index in [0.717, 1.165) is 11.3 Å². The van der Waals surface area contributed by atoms with E-state index in [0.29, 0.717) is 6.54 Å². The summed E-state index contributed by atoms with van der Waals surface area (Å²) < 4.78 is 16.0. The Balaban J connectivity index is 1.70. The molecule has 1 aromatic rings. The van der Waals surface area contributed by atoms with Crippen LogP contribution in [0.25, 0.3) is 0 Å². The first-order chi connectivity index (χ1) is 13.5. The first-order valence-corrected chi connectivity index (χ1v) is 9.15. The number of para-hydroxylation sites is 1. The lowest BCUT2D eigenvalue weighted by molar-refractivity contribution is -0.140. The van der Waals surface area contributed by atoms with E-state index in [2.05, 4.69) is 5.32 Å². The van der Waals surface area contributed by atoms with Crippen LogP contribution in [0.2, 0.25) is 0 Å². The van der Waals surface area contributed by atoms with E-state index in [1.54, 1.807) is 0 Å². The van der Waals surface area contributed by atoms with E-state index in [-0.39, 0.29) is 28.9 Å². The molecule has 0 aromatic heterocycles. The summed E-state index contributed by atoms with van der Waals surface area (Å²) in [5, 5.41) is 2.98. The molecule has 1 aromatic carbocycles. The molecule has 28 heavy (non-hydrogen) atoms. The van der Waals surface area contributed by atoms with Gasteiger partial charge in [-0.2, -0.15) is 0 Å². The Hall–Kier alpha value is -2.71. The van der Waals surface area contributed by atoms with Crippen LogP contribution < -0.4 is 5.32 Å². The smallest absolute Gasteiger partial charge is 0.337 e. The van der Waals surface area contributed by atoms with Gasteiger partial charge < -0.3 is 19.5 Å². The van der Waals surface area contributed by atoms with Gasteiger partial charge in [0.1, 0.15) is 5.54 Å². The van der Waals surface area contributed by atoms with Crippen molar-refractivity contribution in [3.05, 3.63) is 41.0 Å². The lowest BCUT2D eigenvalue weighted by Crippen LogP contribution is -2.52. The summed E-state index contributed by atoms with van der Waals surface area (Å²) in [6.07, 6.45) is -1.31.